The molecule has 0 fully saturated rings. The molecular weight excluding hydrogens is 336 g/mol. The zero-order valence-corrected chi connectivity index (χ0v) is 13.6. The van der Waals surface area contributed by atoms with Crippen LogP contribution in [0.25, 0.3) is 0 Å². The lowest BCUT2D eigenvalue weighted by Gasteiger charge is -2.15. The number of rotatable bonds is 5. The van der Waals surface area contributed by atoms with Crippen molar-refractivity contribution in [2.45, 2.75) is 18.9 Å². The van der Waals surface area contributed by atoms with Gasteiger partial charge in [-0.2, -0.15) is 0 Å². The molecule has 2 atom stereocenters. The van der Waals surface area contributed by atoms with Gasteiger partial charge in [0.25, 0.3) is 0 Å². The average Bonchev–Trinajstić information content (AvgIpc) is 2.91. The van der Waals surface area contributed by atoms with Gasteiger partial charge in [0.1, 0.15) is 0 Å². The first-order valence-electron chi connectivity index (χ1n) is 6.41. The molecule has 5 heteroatoms. The molecule has 0 saturated heterocycles. The van der Waals surface area contributed by atoms with Gasteiger partial charge in [0.05, 0.1) is 9.70 Å². The minimum absolute atomic E-state index is 0.00531. The SMILES string of the molecule is CC(C(=O)NCC(N)c1ccccc1)c1ccc(Br)s1. The Balaban J connectivity index is 1.89. The first-order chi connectivity index (χ1) is 9.58. The fraction of sp³-hybridized carbons (Fsp3) is 0.267. The monoisotopic (exact) mass is 352 g/mol. The minimum Gasteiger partial charge on any atom is -0.354 e. The van der Waals surface area contributed by atoms with Gasteiger partial charge in [0.2, 0.25) is 5.91 Å². The predicted molar refractivity (Wildman–Crippen MR) is 86.8 cm³/mol. The van der Waals surface area contributed by atoms with Crippen molar-refractivity contribution in [2.75, 3.05) is 6.54 Å². The summed E-state index contributed by atoms with van der Waals surface area (Å²) in [5, 5.41) is 2.92. The largest absolute Gasteiger partial charge is 0.354 e. The van der Waals surface area contributed by atoms with Crippen molar-refractivity contribution in [3.63, 3.8) is 0 Å². The molecule has 1 amide bonds. The van der Waals surface area contributed by atoms with Crippen LogP contribution in [0.5, 0.6) is 0 Å². The van der Waals surface area contributed by atoms with Crippen molar-refractivity contribution >= 4 is 33.2 Å². The lowest BCUT2D eigenvalue weighted by Crippen LogP contribution is -2.34. The summed E-state index contributed by atoms with van der Waals surface area (Å²) in [6, 6.07) is 13.5. The Morgan fingerprint density at radius 3 is 2.60 bits per heavy atom. The van der Waals surface area contributed by atoms with Gasteiger partial charge < -0.3 is 11.1 Å². The van der Waals surface area contributed by atoms with E-state index in [9.17, 15) is 4.79 Å². The molecule has 0 spiro atoms. The first-order valence-corrected chi connectivity index (χ1v) is 8.02. The van der Waals surface area contributed by atoms with Gasteiger partial charge in [-0.15, -0.1) is 11.3 Å². The van der Waals surface area contributed by atoms with E-state index in [1.807, 2.05) is 49.4 Å². The predicted octanol–water partition coefficient (Wildman–Crippen LogP) is 3.43. The lowest BCUT2D eigenvalue weighted by molar-refractivity contribution is -0.122. The van der Waals surface area contributed by atoms with Crippen LogP contribution >= 0.6 is 27.3 Å². The van der Waals surface area contributed by atoms with Crippen molar-refractivity contribution in [3.05, 3.63) is 56.7 Å². The molecule has 0 bridgehead atoms. The van der Waals surface area contributed by atoms with E-state index >= 15 is 0 Å². The summed E-state index contributed by atoms with van der Waals surface area (Å²) in [6.07, 6.45) is 0. The Morgan fingerprint density at radius 2 is 2.00 bits per heavy atom. The molecule has 0 aliphatic rings. The second kappa shape index (κ2) is 7.02. The van der Waals surface area contributed by atoms with Crippen molar-refractivity contribution in [1.29, 1.82) is 0 Å². The van der Waals surface area contributed by atoms with Gasteiger partial charge in [-0.1, -0.05) is 30.3 Å². The molecule has 0 radical (unpaired) electrons. The van der Waals surface area contributed by atoms with E-state index in [1.165, 1.54) is 0 Å². The van der Waals surface area contributed by atoms with E-state index in [0.717, 1.165) is 14.2 Å². The fourth-order valence-electron chi connectivity index (χ4n) is 1.87. The summed E-state index contributed by atoms with van der Waals surface area (Å²) in [5.41, 5.74) is 7.09. The van der Waals surface area contributed by atoms with Crippen LogP contribution in [0.4, 0.5) is 0 Å². The number of benzene rings is 1. The highest BCUT2D eigenvalue weighted by molar-refractivity contribution is 9.11. The molecule has 0 saturated carbocycles. The molecule has 1 aromatic carbocycles. The molecule has 0 aliphatic heterocycles. The summed E-state index contributed by atoms with van der Waals surface area (Å²) in [7, 11) is 0. The normalized spacial score (nSPS) is 13.8. The van der Waals surface area contributed by atoms with Gasteiger partial charge in [-0.25, -0.2) is 0 Å². The number of thiophene rings is 1. The van der Waals surface area contributed by atoms with Crippen LogP contribution in [-0.2, 0) is 4.79 Å². The van der Waals surface area contributed by atoms with Crippen LogP contribution < -0.4 is 11.1 Å². The van der Waals surface area contributed by atoms with Crippen molar-refractivity contribution < 1.29 is 4.79 Å². The van der Waals surface area contributed by atoms with Gasteiger partial charge in [0.15, 0.2) is 0 Å². The van der Waals surface area contributed by atoms with Crippen molar-refractivity contribution in [3.8, 4) is 0 Å². The number of nitrogens with two attached hydrogens (primary N) is 1. The Labute approximate surface area is 131 Å². The van der Waals surface area contributed by atoms with Crippen molar-refractivity contribution in [2.24, 2.45) is 5.73 Å². The molecule has 1 aromatic heterocycles. The lowest BCUT2D eigenvalue weighted by atomic mass is 10.1. The van der Waals surface area contributed by atoms with E-state index in [2.05, 4.69) is 21.2 Å². The van der Waals surface area contributed by atoms with Gasteiger partial charge >= 0.3 is 0 Å². The third-order valence-corrected chi connectivity index (χ3v) is 4.94. The van der Waals surface area contributed by atoms with Crippen molar-refractivity contribution in [1.82, 2.24) is 5.32 Å². The topological polar surface area (TPSA) is 55.1 Å². The maximum Gasteiger partial charge on any atom is 0.228 e. The van der Waals surface area contributed by atoms with Gasteiger partial charge in [0, 0.05) is 17.5 Å². The van der Waals surface area contributed by atoms with E-state index < -0.39 is 0 Å². The summed E-state index contributed by atoms with van der Waals surface area (Å²) in [6.45, 7) is 2.35. The highest BCUT2D eigenvalue weighted by atomic mass is 79.9. The maximum absolute atomic E-state index is 12.1. The molecular formula is C15H17BrN2OS. The number of amides is 1. The van der Waals surface area contributed by atoms with E-state index in [1.54, 1.807) is 11.3 Å². The fourth-order valence-corrected chi connectivity index (χ4v) is 3.35. The number of nitrogens with one attached hydrogen (secondary N) is 1. The summed E-state index contributed by atoms with van der Waals surface area (Å²) >= 11 is 4.99. The van der Waals surface area contributed by atoms with Crippen LogP contribution in [-0.4, -0.2) is 12.5 Å². The van der Waals surface area contributed by atoms with Crippen LogP contribution in [0.1, 0.15) is 29.3 Å². The Kier molecular flexibility index (Phi) is 5.34. The zero-order valence-electron chi connectivity index (χ0n) is 11.2. The quantitative estimate of drug-likeness (QED) is 0.865. The Morgan fingerprint density at radius 1 is 1.30 bits per heavy atom. The van der Waals surface area contributed by atoms with Crippen LogP contribution in [0.3, 0.4) is 0 Å². The summed E-state index contributed by atoms with van der Waals surface area (Å²) < 4.78 is 1.04. The molecule has 20 heavy (non-hydrogen) atoms. The maximum atomic E-state index is 12.1. The molecule has 3 nitrogen and oxygen atoms in total. The summed E-state index contributed by atoms with van der Waals surface area (Å²) in [5.74, 6) is -0.153. The number of halogens is 1. The summed E-state index contributed by atoms with van der Waals surface area (Å²) in [4.78, 5) is 13.2. The molecule has 106 valence electrons. The third kappa shape index (κ3) is 3.91. The Bertz CT molecular complexity index is 570. The molecule has 2 aromatic rings. The molecule has 3 N–H and O–H groups in total. The second-order valence-corrected chi connectivity index (χ2v) is 7.12. The second-order valence-electron chi connectivity index (χ2n) is 4.63. The Hall–Kier alpha value is -1.17. The highest BCUT2D eigenvalue weighted by Gasteiger charge is 2.17. The van der Waals surface area contributed by atoms with Crippen LogP contribution in [0.15, 0.2) is 46.3 Å². The highest BCUT2D eigenvalue weighted by Crippen LogP contribution is 2.28. The van der Waals surface area contributed by atoms with E-state index in [0.29, 0.717) is 6.54 Å². The van der Waals surface area contributed by atoms with Gasteiger partial charge in [-0.05, 0) is 40.5 Å². The molecule has 0 aliphatic carbocycles. The smallest absolute Gasteiger partial charge is 0.228 e. The number of hydrogen-bond acceptors (Lipinski definition) is 3. The first kappa shape index (κ1) is 15.2. The molecule has 2 rings (SSSR count). The zero-order chi connectivity index (χ0) is 14.5. The standard InChI is InChI=1S/C15H17BrN2OS/c1-10(13-7-8-14(16)20-13)15(19)18-9-12(17)11-5-3-2-4-6-11/h2-8,10,12H,9,17H2,1H3,(H,18,19). The average molecular weight is 353 g/mol. The third-order valence-electron chi connectivity index (χ3n) is 3.14. The molecule has 2 unspecified atom stereocenters. The number of carbonyl (C=O) groups excluding carboxylic acids is 1. The number of hydrogen-bond donors (Lipinski definition) is 2. The van der Waals surface area contributed by atoms with E-state index in [-0.39, 0.29) is 17.9 Å². The molecule has 1 heterocycles. The van der Waals surface area contributed by atoms with Gasteiger partial charge in [-0.3, -0.25) is 4.79 Å². The number of carbonyl (C=O) groups is 1. The van der Waals surface area contributed by atoms with Crippen LogP contribution in [0, 0.1) is 0 Å². The minimum atomic E-state index is -0.178. The van der Waals surface area contributed by atoms with E-state index in [4.69, 9.17) is 5.73 Å². The van der Waals surface area contributed by atoms with Crippen LogP contribution in [0.2, 0.25) is 0 Å².